The van der Waals surface area contributed by atoms with Crippen LogP contribution in [0.1, 0.15) is 0 Å². The molecule has 3 rings (SSSR count). The number of hydrogen-bond donors (Lipinski definition) is 1. The zero-order valence-corrected chi connectivity index (χ0v) is 9.74. The Balaban J connectivity index is 2.21. The third-order valence-electron chi connectivity index (χ3n) is 2.63. The molecule has 0 unspecified atom stereocenters. The molecule has 0 aliphatic rings. The maximum Gasteiger partial charge on any atom is 0.183 e. The van der Waals surface area contributed by atoms with Crippen molar-refractivity contribution in [2.45, 2.75) is 0 Å². The first-order chi connectivity index (χ1) is 8.78. The van der Waals surface area contributed by atoms with Crippen molar-refractivity contribution < 1.29 is 4.74 Å². The molecule has 90 valence electrons. The van der Waals surface area contributed by atoms with Crippen LogP contribution in [0.15, 0.2) is 36.8 Å². The number of anilines is 1. The third-order valence-corrected chi connectivity index (χ3v) is 2.63. The van der Waals surface area contributed by atoms with Crippen LogP contribution >= 0.6 is 0 Å². The summed E-state index contributed by atoms with van der Waals surface area (Å²) < 4.78 is 6.99. The van der Waals surface area contributed by atoms with E-state index in [4.69, 9.17) is 10.5 Å². The summed E-state index contributed by atoms with van der Waals surface area (Å²) in [6, 6.07) is 5.54. The number of hydrogen-bond acceptors (Lipinski definition) is 5. The molecule has 18 heavy (non-hydrogen) atoms. The van der Waals surface area contributed by atoms with Crippen LogP contribution in [0, 0.1) is 0 Å². The van der Waals surface area contributed by atoms with Gasteiger partial charge in [-0.3, -0.25) is 0 Å². The van der Waals surface area contributed by atoms with E-state index in [9.17, 15) is 0 Å². The van der Waals surface area contributed by atoms with E-state index in [0.29, 0.717) is 17.4 Å². The van der Waals surface area contributed by atoms with E-state index >= 15 is 0 Å². The fourth-order valence-electron chi connectivity index (χ4n) is 1.75. The van der Waals surface area contributed by atoms with Gasteiger partial charge >= 0.3 is 0 Å². The van der Waals surface area contributed by atoms with Crippen molar-refractivity contribution in [3.8, 4) is 17.1 Å². The summed E-state index contributed by atoms with van der Waals surface area (Å²) in [4.78, 5) is 8.28. The van der Waals surface area contributed by atoms with Gasteiger partial charge in [-0.05, 0) is 18.2 Å². The summed E-state index contributed by atoms with van der Waals surface area (Å²) in [6.45, 7) is 0. The smallest absolute Gasteiger partial charge is 0.183 e. The SMILES string of the molecule is COc1cnc(N)cc1-c1ncc2cccn2n1. The molecule has 6 nitrogen and oxygen atoms in total. The van der Waals surface area contributed by atoms with Crippen molar-refractivity contribution in [3.05, 3.63) is 36.8 Å². The second-order valence-corrected chi connectivity index (χ2v) is 3.77. The van der Waals surface area contributed by atoms with E-state index in [0.717, 1.165) is 11.1 Å². The number of pyridine rings is 1. The highest BCUT2D eigenvalue weighted by Gasteiger charge is 2.10. The molecule has 0 aromatic carbocycles. The highest BCUT2D eigenvalue weighted by molar-refractivity contribution is 5.66. The Morgan fingerprint density at radius 2 is 2.17 bits per heavy atom. The summed E-state index contributed by atoms with van der Waals surface area (Å²) in [6.07, 6.45) is 5.17. The maximum absolute atomic E-state index is 5.68. The van der Waals surface area contributed by atoms with Crippen molar-refractivity contribution in [1.82, 2.24) is 19.6 Å². The number of nitrogens with two attached hydrogens (primary N) is 1. The molecule has 0 spiro atoms. The Hall–Kier alpha value is -2.63. The molecule has 0 saturated carbocycles. The molecule has 0 fully saturated rings. The molecule has 3 aromatic heterocycles. The minimum atomic E-state index is 0.405. The number of nitrogen functional groups attached to an aromatic ring is 1. The van der Waals surface area contributed by atoms with Crippen LogP contribution < -0.4 is 10.5 Å². The second-order valence-electron chi connectivity index (χ2n) is 3.77. The first-order valence-corrected chi connectivity index (χ1v) is 5.38. The molecule has 0 radical (unpaired) electrons. The summed E-state index contributed by atoms with van der Waals surface area (Å²) in [5.74, 6) is 1.54. The van der Waals surface area contributed by atoms with Gasteiger partial charge in [0, 0.05) is 6.20 Å². The average molecular weight is 241 g/mol. The molecule has 2 N–H and O–H groups in total. The van der Waals surface area contributed by atoms with Crippen LogP contribution in [0.3, 0.4) is 0 Å². The van der Waals surface area contributed by atoms with E-state index < -0.39 is 0 Å². The summed E-state index contributed by atoms with van der Waals surface area (Å²) >= 11 is 0. The van der Waals surface area contributed by atoms with E-state index in [1.54, 1.807) is 30.1 Å². The molecular formula is C12H11N5O. The van der Waals surface area contributed by atoms with Gasteiger partial charge in [0.05, 0.1) is 30.6 Å². The van der Waals surface area contributed by atoms with Crippen LogP contribution in [-0.2, 0) is 0 Å². The van der Waals surface area contributed by atoms with Gasteiger partial charge in [-0.15, -0.1) is 5.10 Å². The highest BCUT2D eigenvalue weighted by atomic mass is 16.5. The number of ether oxygens (including phenoxy) is 1. The average Bonchev–Trinajstić information content (AvgIpc) is 2.85. The van der Waals surface area contributed by atoms with Crippen LogP contribution in [-0.4, -0.2) is 26.7 Å². The Labute approximate surface area is 103 Å². The van der Waals surface area contributed by atoms with Gasteiger partial charge in [0.2, 0.25) is 0 Å². The first kappa shape index (κ1) is 10.5. The topological polar surface area (TPSA) is 78.3 Å². The van der Waals surface area contributed by atoms with E-state index in [1.807, 2.05) is 18.3 Å². The Kier molecular flexibility index (Phi) is 2.33. The monoisotopic (exact) mass is 241 g/mol. The van der Waals surface area contributed by atoms with Crippen LogP contribution in [0.2, 0.25) is 0 Å². The van der Waals surface area contributed by atoms with Gasteiger partial charge in [0.15, 0.2) is 5.82 Å². The fraction of sp³-hybridized carbons (Fsp3) is 0.0833. The first-order valence-electron chi connectivity index (χ1n) is 5.38. The van der Waals surface area contributed by atoms with Crippen LogP contribution in [0.4, 0.5) is 5.82 Å². The molecule has 0 amide bonds. The number of fused-ring (bicyclic) bond motifs is 1. The standard InChI is InChI=1S/C12H11N5O/c1-18-10-7-14-11(13)5-9(10)12-15-6-8-3-2-4-17(8)16-12/h2-7H,1H3,(H2,13,14). The second kappa shape index (κ2) is 3.99. The predicted molar refractivity (Wildman–Crippen MR) is 67.2 cm³/mol. The molecule has 0 aliphatic carbocycles. The summed E-state index contributed by atoms with van der Waals surface area (Å²) in [5.41, 5.74) is 7.34. The number of aromatic nitrogens is 4. The predicted octanol–water partition coefficient (Wildman–Crippen LogP) is 1.38. The molecule has 6 heteroatoms. The lowest BCUT2D eigenvalue weighted by Gasteiger charge is -2.07. The quantitative estimate of drug-likeness (QED) is 0.733. The lowest BCUT2D eigenvalue weighted by Crippen LogP contribution is -2.00. The minimum absolute atomic E-state index is 0.405. The molecule has 3 aromatic rings. The minimum Gasteiger partial charge on any atom is -0.494 e. The molecule has 0 bridgehead atoms. The van der Waals surface area contributed by atoms with Crippen molar-refractivity contribution in [3.63, 3.8) is 0 Å². The number of methoxy groups -OCH3 is 1. The van der Waals surface area contributed by atoms with Gasteiger partial charge in [-0.2, -0.15) is 0 Å². The molecular weight excluding hydrogens is 230 g/mol. The van der Waals surface area contributed by atoms with Gasteiger partial charge in [0.25, 0.3) is 0 Å². The van der Waals surface area contributed by atoms with Crippen molar-refractivity contribution in [1.29, 1.82) is 0 Å². The zero-order chi connectivity index (χ0) is 12.5. The lowest BCUT2D eigenvalue weighted by atomic mass is 10.2. The van der Waals surface area contributed by atoms with E-state index in [2.05, 4.69) is 15.1 Å². The Morgan fingerprint density at radius 1 is 1.28 bits per heavy atom. The van der Waals surface area contributed by atoms with Crippen molar-refractivity contribution in [2.24, 2.45) is 0 Å². The number of rotatable bonds is 2. The normalized spacial score (nSPS) is 10.7. The molecule has 0 atom stereocenters. The number of nitrogens with zero attached hydrogens (tertiary/aromatic N) is 4. The maximum atomic E-state index is 5.68. The van der Waals surface area contributed by atoms with Gasteiger partial charge in [-0.1, -0.05) is 0 Å². The highest BCUT2D eigenvalue weighted by Crippen LogP contribution is 2.27. The summed E-state index contributed by atoms with van der Waals surface area (Å²) in [7, 11) is 1.57. The van der Waals surface area contributed by atoms with Gasteiger partial charge in [-0.25, -0.2) is 14.5 Å². The van der Waals surface area contributed by atoms with E-state index in [1.165, 1.54) is 0 Å². The van der Waals surface area contributed by atoms with Gasteiger partial charge < -0.3 is 10.5 Å². The van der Waals surface area contributed by atoms with Crippen molar-refractivity contribution in [2.75, 3.05) is 12.8 Å². The molecule has 3 heterocycles. The Bertz CT molecular complexity index is 707. The summed E-state index contributed by atoms with van der Waals surface area (Å²) in [5, 5.41) is 4.40. The lowest BCUT2D eigenvalue weighted by molar-refractivity contribution is 0.414. The van der Waals surface area contributed by atoms with Crippen LogP contribution in [0.5, 0.6) is 5.75 Å². The Morgan fingerprint density at radius 3 is 3.00 bits per heavy atom. The van der Waals surface area contributed by atoms with E-state index in [-0.39, 0.29) is 0 Å². The third kappa shape index (κ3) is 1.64. The largest absolute Gasteiger partial charge is 0.494 e. The molecule has 0 saturated heterocycles. The van der Waals surface area contributed by atoms with Crippen LogP contribution in [0.25, 0.3) is 16.9 Å². The molecule has 0 aliphatic heterocycles. The van der Waals surface area contributed by atoms with Crippen molar-refractivity contribution >= 4 is 11.3 Å². The van der Waals surface area contributed by atoms with Gasteiger partial charge in [0.1, 0.15) is 11.6 Å². The zero-order valence-electron chi connectivity index (χ0n) is 9.74. The fourth-order valence-corrected chi connectivity index (χ4v) is 1.75.